The number of aromatic nitrogens is 3. The second kappa shape index (κ2) is 9.35. The van der Waals surface area contributed by atoms with Crippen LogP contribution in [0.25, 0.3) is 22.5 Å². The number of hydrogen-bond acceptors (Lipinski definition) is 5. The molecule has 160 valence electrons. The average Bonchev–Trinajstić information content (AvgIpc) is 2.73. The Kier molecular flexibility index (Phi) is 6.81. The molecule has 0 fully saturated rings. The molecule has 0 aliphatic carbocycles. The first-order valence-electron chi connectivity index (χ1n) is 10.0. The summed E-state index contributed by atoms with van der Waals surface area (Å²) in [6.07, 6.45) is 4.97. The first-order valence-corrected chi connectivity index (χ1v) is 10.4. The number of benzene rings is 1. The minimum Gasteiger partial charge on any atom is -0.342 e. The molecule has 3 rings (SSSR count). The SMILES string of the molecule is CN=CC(C)(C)NC(=O)c1cc(-c2ccc(Cl)cc2)nc(-c2cncnc2C(C)C)c1. The molecular formula is C24H26ClN5O. The van der Waals surface area contributed by atoms with E-state index in [9.17, 15) is 4.79 Å². The molecule has 0 radical (unpaired) electrons. The zero-order valence-electron chi connectivity index (χ0n) is 18.3. The van der Waals surface area contributed by atoms with E-state index in [2.05, 4.69) is 34.1 Å². The van der Waals surface area contributed by atoms with E-state index in [-0.39, 0.29) is 11.8 Å². The Hall–Kier alpha value is -3.12. The molecule has 1 aromatic carbocycles. The van der Waals surface area contributed by atoms with Crippen LogP contribution in [0.1, 0.15) is 49.7 Å². The highest BCUT2D eigenvalue weighted by Crippen LogP contribution is 2.29. The normalized spacial score (nSPS) is 11.8. The van der Waals surface area contributed by atoms with Gasteiger partial charge in [0.1, 0.15) is 6.33 Å². The van der Waals surface area contributed by atoms with E-state index in [0.29, 0.717) is 22.0 Å². The van der Waals surface area contributed by atoms with Gasteiger partial charge in [-0.05, 0) is 44.0 Å². The van der Waals surface area contributed by atoms with Crippen molar-refractivity contribution >= 4 is 23.7 Å². The number of rotatable bonds is 6. The highest BCUT2D eigenvalue weighted by molar-refractivity contribution is 6.30. The minimum absolute atomic E-state index is 0.177. The van der Waals surface area contributed by atoms with E-state index < -0.39 is 5.54 Å². The zero-order valence-corrected chi connectivity index (χ0v) is 19.1. The van der Waals surface area contributed by atoms with Crippen molar-refractivity contribution in [2.24, 2.45) is 4.99 Å². The van der Waals surface area contributed by atoms with Crippen LogP contribution in [0.15, 0.2) is 53.9 Å². The van der Waals surface area contributed by atoms with Crippen molar-refractivity contribution in [2.75, 3.05) is 7.05 Å². The summed E-state index contributed by atoms with van der Waals surface area (Å²) in [6, 6.07) is 10.9. The number of halogens is 1. The first kappa shape index (κ1) is 22.6. The largest absolute Gasteiger partial charge is 0.342 e. The second-order valence-electron chi connectivity index (χ2n) is 8.17. The van der Waals surface area contributed by atoms with Gasteiger partial charge in [0.2, 0.25) is 0 Å². The number of nitrogens with one attached hydrogen (secondary N) is 1. The molecule has 0 aliphatic rings. The van der Waals surface area contributed by atoms with E-state index in [4.69, 9.17) is 16.6 Å². The monoisotopic (exact) mass is 435 g/mol. The average molecular weight is 436 g/mol. The maximum Gasteiger partial charge on any atom is 0.252 e. The van der Waals surface area contributed by atoms with Gasteiger partial charge in [0, 0.05) is 41.2 Å². The van der Waals surface area contributed by atoms with E-state index in [1.807, 2.05) is 26.0 Å². The Labute approximate surface area is 187 Å². The van der Waals surface area contributed by atoms with Gasteiger partial charge in [0.25, 0.3) is 5.91 Å². The van der Waals surface area contributed by atoms with Crippen molar-refractivity contribution in [1.29, 1.82) is 0 Å². The summed E-state index contributed by atoms with van der Waals surface area (Å²) >= 11 is 6.05. The summed E-state index contributed by atoms with van der Waals surface area (Å²) in [4.78, 5) is 30.6. The smallest absolute Gasteiger partial charge is 0.252 e. The molecule has 0 aliphatic heterocycles. The van der Waals surface area contributed by atoms with Crippen molar-refractivity contribution in [2.45, 2.75) is 39.2 Å². The van der Waals surface area contributed by atoms with E-state index in [0.717, 1.165) is 16.8 Å². The highest BCUT2D eigenvalue weighted by atomic mass is 35.5. The summed E-state index contributed by atoms with van der Waals surface area (Å²) in [7, 11) is 1.68. The Bertz CT molecular complexity index is 1110. The predicted octanol–water partition coefficient (Wildman–Crippen LogP) is 5.19. The molecule has 1 amide bonds. The molecule has 2 aromatic heterocycles. The summed E-state index contributed by atoms with van der Waals surface area (Å²) < 4.78 is 0. The molecule has 0 atom stereocenters. The third-order valence-corrected chi connectivity index (χ3v) is 4.93. The molecule has 0 saturated carbocycles. The molecule has 0 unspecified atom stereocenters. The fourth-order valence-electron chi connectivity index (χ4n) is 3.28. The van der Waals surface area contributed by atoms with Gasteiger partial charge in [-0.3, -0.25) is 9.79 Å². The van der Waals surface area contributed by atoms with E-state index >= 15 is 0 Å². The van der Waals surface area contributed by atoms with Gasteiger partial charge in [-0.25, -0.2) is 15.0 Å². The van der Waals surface area contributed by atoms with E-state index in [1.165, 1.54) is 6.33 Å². The number of pyridine rings is 1. The molecule has 0 bridgehead atoms. The first-order chi connectivity index (χ1) is 14.7. The van der Waals surface area contributed by atoms with Gasteiger partial charge >= 0.3 is 0 Å². The third kappa shape index (κ3) is 5.52. The molecule has 0 saturated heterocycles. The standard InChI is InChI=1S/C24H26ClN5O/c1-15(2)22-19(12-27-14-28-22)21-11-17(23(31)30-24(3,4)13-26-5)10-20(29-21)16-6-8-18(25)9-7-16/h6-15H,1-5H3,(H,30,31). The van der Waals surface area contributed by atoms with Gasteiger partial charge in [-0.2, -0.15) is 0 Å². The molecule has 6 nitrogen and oxygen atoms in total. The van der Waals surface area contributed by atoms with Gasteiger partial charge in [0.05, 0.1) is 22.6 Å². The summed E-state index contributed by atoms with van der Waals surface area (Å²) in [5, 5.41) is 3.65. The third-order valence-electron chi connectivity index (χ3n) is 4.68. The van der Waals surface area contributed by atoms with Crippen LogP contribution < -0.4 is 5.32 Å². The lowest BCUT2D eigenvalue weighted by molar-refractivity contribution is 0.0933. The molecule has 2 heterocycles. The van der Waals surface area contributed by atoms with Gasteiger partial charge in [-0.15, -0.1) is 0 Å². The molecule has 0 spiro atoms. The molecular weight excluding hydrogens is 410 g/mol. The second-order valence-corrected chi connectivity index (χ2v) is 8.61. The molecule has 3 aromatic rings. The summed E-state index contributed by atoms with van der Waals surface area (Å²) in [5.41, 5.74) is 3.75. The van der Waals surface area contributed by atoms with Crippen molar-refractivity contribution in [3.63, 3.8) is 0 Å². The van der Waals surface area contributed by atoms with Crippen LogP contribution in [0.3, 0.4) is 0 Å². The number of carbonyl (C=O) groups is 1. The number of aliphatic imine (C=N–C) groups is 1. The van der Waals surface area contributed by atoms with Crippen molar-refractivity contribution in [1.82, 2.24) is 20.3 Å². The predicted molar refractivity (Wildman–Crippen MR) is 126 cm³/mol. The fourth-order valence-corrected chi connectivity index (χ4v) is 3.41. The van der Waals surface area contributed by atoms with Crippen molar-refractivity contribution < 1.29 is 4.79 Å². The van der Waals surface area contributed by atoms with Crippen LogP contribution in [0.2, 0.25) is 5.02 Å². The number of nitrogens with zero attached hydrogens (tertiary/aromatic N) is 4. The van der Waals surface area contributed by atoms with Gasteiger partial charge < -0.3 is 5.32 Å². The lowest BCUT2D eigenvalue weighted by Gasteiger charge is -2.22. The Morgan fingerprint density at radius 2 is 1.84 bits per heavy atom. The highest BCUT2D eigenvalue weighted by Gasteiger charge is 2.21. The Balaban J connectivity index is 2.15. The summed E-state index contributed by atoms with van der Waals surface area (Å²) in [6.45, 7) is 7.91. The molecule has 1 N–H and O–H groups in total. The van der Waals surface area contributed by atoms with Crippen LogP contribution in [0.5, 0.6) is 0 Å². The van der Waals surface area contributed by atoms with Crippen molar-refractivity contribution in [3.8, 4) is 22.5 Å². The summed E-state index contributed by atoms with van der Waals surface area (Å²) in [5.74, 6) is -0.0392. The minimum atomic E-state index is -0.589. The molecule has 7 heteroatoms. The number of hydrogen-bond donors (Lipinski definition) is 1. The Morgan fingerprint density at radius 3 is 2.48 bits per heavy atom. The quantitative estimate of drug-likeness (QED) is 0.540. The van der Waals surface area contributed by atoms with Crippen LogP contribution in [-0.2, 0) is 0 Å². The van der Waals surface area contributed by atoms with Crippen LogP contribution >= 0.6 is 11.6 Å². The number of carbonyl (C=O) groups excluding carboxylic acids is 1. The zero-order chi connectivity index (χ0) is 22.6. The number of amides is 1. The van der Waals surface area contributed by atoms with Crippen LogP contribution in [0.4, 0.5) is 0 Å². The topological polar surface area (TPSA) is 80.1 Å². The lowest BCUT2D eigenvalue weighted by atomic mass is 9.99. The van der Waals surface area contributed by atoms with Crippen LogP contribution in [-0.4, -0.2) is 39.7 Å². The maximum absolute atomic E-state index is 13.1. The van der Waals surface area contributed by atoms with Crippen molar-refractivity contribution in [3.05, 3.63) is 65.2 Å². The van der Waals surface area contributed by atoms with Gasteiger partial charge in [-0.1, -0.05) is 37.6 Å². The van der Waals surface area contributed by atoms with E-state index in [1.54, 1.807) is 43.7 Å². The lowest BCUT2D eigenvalue weighted by Crippen LogP contribution is -2.44. The van der Waals surface area contributed by atoms with Gasteiger partial charge in [0.15, 0.2) is 0 Å². The van der Waals surface area contributed by atoms with Crippen LogP contribution in [0, 0.1) is 0 Å². The molecule has 31 heavy (non-hydrogen) atoms. The fraction of sp³-hybridized carbons (Fsp3) is 0.292. The Morgan fingerprint density at radius 1 is 1.16 bits per heavy atom. The maximum atomic E-state index is 13.1.